The van der Waals surface area contributed by atoms with E-state index < -0.39 is 18.6 Å². The molecule has 0 saturated carbocycles. The highest BCUT2D eigenvalue weighted by molar-refractivity contribution is 5.25. The predicted molar refractivity (Wildman–Crippen MR) is 67.6 cm³/mol. The maximum absolute atomic E-state index is 12.5. The molecule has 104 valence electrons. The fourth-order valence-corrected chi connectivity index (χ4v) is 1.83. The van der Waals surface area contributed by atoms with Crippen LogP contribution in [-0.4, -0.2) is 30.2 Å². The van der Waals surface area contributed by atoms with E-state index in [1.165, 1.54) is 4.90 Å². The van der Waals surface area contributed by atoms with Gasteiger partial charge in [0.15, 0.2) is 0 Å². The Kier molecular flexibility index (Phi) is 5.37. The molecule has 0 bridgehead atoms. The number of hydrogen-bond acceptors (Lipinski definition) is 2. The summed E-state index contributed by atoms with van der Waals surface area (Å²) in [5, 5.41) is 9.15. The molecule has 1 aromatic carbocycles. The van der Waals surface area contributed by atoms with E-state index in [1.807, 2.05) is 6.07 Å². The number of rotatable bonds is 5. The Morgan fingerprint density at radius 2 is 1.79 bits per heavy atom. The first-order chi connectivity index (χ1) is 8.83. The highest BCUT2D eigenvalue weighted by Crippen LogP contribution is 2.22. The SMILES string of the molecule is CC(C)N(CC(C#N)c1ccccc1)CC(F)(F)F. The zero-order valence-electron chi connectivity index (χ0n) is 11.0. The molecular weight excluding hydrogens is 253 g/mol. The summed E-state index contributed by atoms with van der Waals surface area (Å²) < 4.78 is 37.5. The molecule has 5 heteroatoms. The molecule has 1 aromatic rings. The Hall–Kier alpha value is -1.54. The van der Waals surface area contributed by atoms with Crippen molar-refractivity contribution in [2.75, 3.05) is 13.1 Å². The van der Waals surface area contributed by atoms with Crippen molar-refractivity contribution >= 4 is 0 Å². The van der Waals surface area contributed by atoms with Crippen LogP contribution in [0.1, 0.15) is 25.3 Å². The van der Waals surface area contributed by atoms with E-state index in [0.29, 0.717) is 0 Å². The van der Waals surface area contributed by atoms with Crippen molar-refractivity contribution in [2.45, 2.75) is 32.0 Å². The van der Waals surface area contributed by atoms with Gasteiger partial charge in [0.2, 0.25) is 0 Å². The van der Waals surface area contributed by atoms with Crippen LogP contribution in [0.4, 0.5) is 13.2 Å². The molecule has 0 aliphatic carbocycles. The minimum atomic E-state index is -4.25. The largest absolute Gasteiger partial charge is 0.401 e. The van der Waals surface area contributed by atoms with Crippen molar-refractivity contribution < 1.29 is 13.2 Å². The standard InChI is InChI=1S/C14H17F3N2/c1-11(2)19(10-14(15,16)17)9-13(8-18)12-6-4-3-5-7-12/h3-7,11,13H,9-10H2,1-2H3. The number of halogens is 3. The molecule has 1 unspecified atom stereocenters. The van der Waals surface area contributed by atoms with Crippen LogP contribution in [0.5, 0.6) is 0 Å². The molecule has 0 fully saturated rings. The minimum Gasteiger partial charge on any atom is -0.291 e. The lowest BCUT2D eigenvalue weighted by molar-refractivity contribution is -0.149. The van der Waals surface area contributed by atoms with Crippen LogP contribution >= 0.6 is 0 Å². The highest BCUT2D eigenvalue weighted by atomic mass is 19.4. The summed E-state index contributed by atoms with van der Waals surface area (Å²) in [5.74, 6) is -0.550. The second-order valence-electron chi connectivity index (χ2n) is 4.73. The van der Waals surface area contributed by atoms with Crippen LogP contribution in [0.3, 0.4) is 0 Å². The third kappa shape index (κ3) is 5.31. The van der Waals surface area contributed by atoms with Gasteiger partial charge in [-0.3, -0.25) is 4.90 Å². The van der Waals surface area contributed by atoms with Crippen LogP contribution < -0.4 is 0 Å². The van der Waals surface area contributed by atoms with Crippen LogP contribution in [-0.2, 0) is 0 Å². The molecule has 0 N–H and O–H groups in total. The van der Waals surface area contributed by atoms with Gasteiger partial charge in [0.1, 0.15) is 0 Å². The van der Waals surface area contributed by atoms with Gasteiger partial charge in [-0.25, -0.2) is 0 Å². The first-order valence-electron chi connectivity index (χ1n) is 6.09. The first kappa shape index (κ1) is 15.5. The first-order valence-corrected chi connectivity index (χ1v) is 6.09. The average Bonchev–Trinajstić information content (AvgIpc) is 2.33. The molecule has 1 atom stereocenters. The van der Waals surface area contributed by atoms with E-state index in [0.717, 1.165) is 5.56 Å². The van der Waals surface area contributed by atoms with Crippen LogP contribution in [0.25, 0.3) is 0 Å². The predicted octanol–water partition coefficient (Wildman–Crippen LogP) is 3.57. The van der Waals surface area contributed by atoms with Gasteiger partial charge in [-0.05, 0) is 19.4 Å². The molecule has 0 aromatic heterocycles. The van der Waals surface area contributed by atoms with Crippen molar-refractivity contribution in [3.8, 4) is 6.07 Å². The zero-order chi connectivity index (χ0) is 14.5. The number of hydrogen-bond donors (Lipinski definition) is 0. The number of benzene rings is 1. The summed E-state index contributed by atoms with van der Waals surface area (Å²) in [6.07, 6.45) is -4.25. The van der Waals surface area contributed by atoms with Crippen molar-refractivity contribution in [2.24, 2.45) is 0 Å². The molecule has 0 spiro atoms. The summed E-state index contributed by atoms with van der Waals surface area (Å²) in [6, 6.07) is 10.7. The highest BCUT2D eigenvalue weighted by Gasteiger charge is 2.32. The fourth-order valence-electron chi connectivity index (χ4n) is 1.83. The molecular formula is C14H17F3N2. The minimum absolute atomic E-state index is 0.0810. The Labute approximate surface area is 111 Å². The Bertz CT molecular complexity index is 421. The van der Waals surface area contributed by atoms with E-state index in [1.54, 1.807) is 38.1 Å². The molecule has 2 nitrogen and oxygen atoms in total. The van der Waals surface area contributed by atoms with E-state index in [2.05, 4.69) is 6.07 Å². The molecule has 1 rings (SSSR count). The maximum Gasteiger partial charge on any atom is 0.401 e. The lowest BCUT2D eigenvalue weighted by Crippen LogP contribution is -2.41. The molecule has 0 aliphatic heterocycles. The second kappa shape index (κ2) is 6.58. The summed E-state index contributed by atoms with van der Waals surface area (Å²) in [6.45, 7) is 2.49. The molecule has 19 heavy (non-hydrogen) atoms. The monoisotopic (exact) mass is 270 g/mol. The molecule has 0 saturated heterocycles. The van der Waals surface area contributed by atoms with Gasteiger partial charge >= 0.3 is 6.18 Å². The van der Waals surface area contributed by atoms with E-state index >= 15 is 0 Å². The van der Waals surface area contributed by atoms with Crippen molar-refractivity contribution in [1.82, 2.24) is 4.90 Å². The molecule has 0 radical (unpaired) electrons. The van der Waals surface area contributed by atoms with E-state index in [-0.39, 0.29) is 12.6 Å². The summed E-state index contributed by atoms with van der Waals surface area (Å²) in [5.41, 5.74) is 0.748. The van der Waals surface area contributed by atoms with Crippen molar-refractivity contribution in [3.63, 3.8) is 0 Å². The molecule has 0 heterocycles. The van der Waals surface area contributed by atoms with Crippen molar-refractivity contribution in [3.05, 3.63) is 35.9 Å². The quantitative estimate of drug-likeness (QED) is 0.818. The molecule has 0 amide bonds. The summed E-state index contributed by atoms with van der Waals surface area (Å²) in [4.78, 5) is 1.28. The van der Waals surface area contributed by atoms with Crippen molar-refractivity contribution in [1.29, 1.82) is 5.26 Å². The number of alkyl halides is 3. The average molecular weight is 270 g/mol. The van der Waals surface area contributed by atoms with E-state index in [4.69, 9.17) is 5.26 Å². The second-order valence-corrected chi connectivity index (χ2v) is 4.73. The Morgan fingerprint density at radius 1 is 1.21 bits per heavy atom. The van der Waals surface area contributed by atoms with Gasteiger partial charge in [-0.2, -0.15) is 18.4 Å². The van der Waals surface area contributed by atoms with Gasteiger partial charge in [0.05, 0.1) is 18.5 Å². The third-order valence-corrected chi connectivity index (χ3v) is 2.89. The van der Waals surface area contributed by atoms with Crippen LogP contribution in [0.15, 0.2) is 30.3 Å². The Balaban J connectivity index is 2.80. The van der Waals surface area contributed by atoms with Crippen LogP contribution in [0, 0.1) is 11.3 Å². The van der Waals surface area contributed by atoms with Gasteiger partial charge in [0.25, 0.3) is 0 Å². The lowest BCUT2D eigenvalue weighted by atomic mass is 9.99. The number of nitriles is 1. The summed E-state index contributed by atoms with van der Waals surface area (Å²) in [7, 11) is 0. The van der Waals surface area contributed by atoms with Gasteiger partial charge in [0, 0.05) is 12.6 Å². The normalized spacial score (nSPS) is 13.6. The van der Waals surface area contributed by atoms with Gasteiger partial charge in [-0.15, -0.1) is 0 Å². The third-order valence-electron chi connectivity index (χ3n) is 2.89. The Morgan fingerprint density at radius 3 is 2.21 bits per heavy atom. The molecule has 0 aliphatic rings. The van der Waals surface area contributed by atoms with Gasteiger partial charge < -0.3 is 0 Å². The maximum atomic E-state index is 12.5. The topological polar surface area (TPSA) is 27.0 Å². The van der Waals surface area contributed by atoms with E-state index in [9.17, 15) is 13.2 Å². The fraction of sp³-hybridized carbons (Fsp3) is 0.500. The van der Waals surface area contributed by atoms with Gasteiger partial charge in [-0.1, -0.05) is 30.3 Å². The number of nitrogens with zero attached hydrogens (tertiary/aromatic N) is 2. The lowest BCUT2D eigenvalue weighted by Gasteiger charge is -2.29. The zero-order valence-corrected chi connectivity index (χ0v) is 11.0. The smallest absolute Gasteiger partial charge is 0.291 e. The summed E-state index contributed by atoms with van der Waals surface area (Å²) >= 11 is 0. The van der Waals surface area contributed by atoms with Crippen LogP contribution in [0.2, 0.25) is 0 Å².